The highest BCUT2D eigenvalue weighted by molar-refractivity contribution is 5.95. The van der Waals surface area contributed by atoms with Gasteiger partial charge in [0.1, 0.15) is 5.82 Å². The van der Waals surface area contributed by atoms with Gasteiger partial charge in [0.05, 0.1) is 36.6 Å². The molecule has 2 saturated carbocycles. The van der Waals surface area contributed by atoms with Gasteiger partial charge in [-0.15, -0.1) is 0 Å². The minimum absolute atomic E-state index is 0.118. The molecule has 0 N–H and O–H groups in total. The molecular weight excluding hydrogens is 414 g/mol. The SMILES string of the molecule is COC(=O)N1c2ccc3c(nc(Cn4cc(C5CC5)cn4)n3C3CCCCC3)c2CC[C@@H]1C. The van der Waals surface area contributed by atoms with Crippen LogP contribution in [0.15, 0.2) is 24.5 Å². The number of aromatic nitrogens is 4. The van der Waals surface area contributed by atoms with Gasteiger partial charge in [-0.05, 0) is 69.1 Å². The van der Waals surface area contributed by atoms with Crippen LogP contribution in [0.2, 0.25) is 0 Å². The summed E-state index contributed by atoms with van der Waals surface area (Å²) in [6, 6.07) is 4.88. The van der Waals surface area contributed by atoms with Crippen molar-refractivity contribution >= 4 is 22.8 Å². The van der Waals surface area contributed by atoms with E-state index in [9.17, 15) is 4.79 Å². The largest absolute Gasteiger partial charge is 0.452 e. The summed E-state index contributed by atoms with van der Waals surface area (Å²) in [6.07, 6.45) is 14.6. The number of ether oxygens (including phenoxy) is 1. The van der Waals surface area contributed by atoms with Crippen molar-refractivity contribution in [2.75, 3.05) is 12.0 Å². The molecule has 1 atom stereocenters. The van der Waals surface area contributed by atoms with Crippen LogP contribution in [0.5, 0.6) is 0 Å². The number of rotatable bonds is 4. The summed E-state index contributed by atoms with van der Waals surface area (Å²) in [4.78, 5) is 19.6. The molecule has 3 heterocycles. The van der Waals surface area contributed by atoms with E-state index in [0.29, 0.717) is 18.5 Å². The maximum absolute atomic E-state index is 12.6. The van der Waals surface area contributed by atoms with E-state index in [4.69, 9.17) is 9.72 Å². The second-order valence-electron chi connectivity index (χ2n) is 10.1. The molecule has 7 nitrogen and oxygen atoms in total. The van der Waals surface area contributed by atoms with Crippen molar-refractivity contribution in [3.05, 3.63) is 41.5 Å². The third-order valence-corrected chi connectivity index (χ3v) is 7.84. The summed E-state index contributed by atoms with van der Waals surface area (Å²) in [7, 11) is 1.46. The van der Waals surface area contributed by atoms with Crippen LogP contribution < -0.4 is 4.90 Å². The van der Waals surface area contributed by atoms with Gasteiger partial charge in [0.25, 0.3) is 0 Å². The van der Waals surface area contributed by atoms with Crippen molar-refractivity contribution in [2.24, 2.45) is 0 Å². The van der Waals surface area contributed by atoms with Crippen LogP contribution in [0.3, 0.4) is 0 Å². The van der Waals surface area contributed by atoms with E-state index in [0.717, 1.165) is 29.9 Å². The number of aryl methyl sites for hydroxylation is 1. The number of hydrogen-bond acceptors (Lipinski definition) is 4. The summed E-state index contributed by atoms with van der Waals surface area (Å²) in [5.41, 5.74) is 5.72. The zero-order valence-electron chi connectivity index (χ0n) is 19.7. The molecule has 2 fully saturated rings. The molecule has 33 heavy (non-hydrogen) atoms. The summed E-state index contributed by atoms with van der Waals surface area (Å²) in [5.74, 6) is 1.79. The van der Waals surface area contributed by atoms with Crippen LogP contribution >= 0.6 is 0 Å². The number of carbonyl (C=O) groups is 1. The van der Waals surface area contributed by atoms with Gasteiger partial charge < -0.3 is 9.30 Å². The zero-order chi connectivity index (χ0) is 22.5. The monoisotopic (exact) mass is 447 g/mol. The lowest BCUT2D eigenvalue weighted by molar-refractivity contribution is 0.175. The first-order valence-electron chi connectivity index (χ1n) is 12.6. The maximum atomic E-state index is 12.6. The van der Waals surface area contributed by atoms with Crippen LogP contribution in [0.1, 0.15) is 87.2 Å². The molecule has 3 aliphatic rings. The Balaban J connectivity index is 1.46. The van der Waals surface area contributed by atoms with Gasteiger partial charge in [-0.25, -0.2) is 9.78 Å². The second-order valence-corrected chi connectivity index (χ2v) is 10.1. The molecule has 1 amide bonds. The topological polar surface area (TPSA) is 65.2 Å². The first kappa shape index (κ1) is 20.8. The van der Waals surface area contributed by atoms with Crippen molar-refractivity contribution in [3.8, 4) is 0 Å². The minimum atomic E-state index is -0.293. The highest BCUT2D eigenvalue weighted by Crippen LogP contribution is 2.41. The molecule has 0 unspecified atom stereocenters. The van der Waals surface area contributed by atoms with Crippen molar-refractivity contribution in [2.45, 2.75) is 89.3 Å². The summed E-state index contributed by atoms with van der Waals surface area (Å²) in [6.45, 7) is 2.77. The predicted molar refractivity (Wildman–Crippen MR) is 128 cm³/mol. The fourth-order valence-corrected chi connectivity index (χ4v) is 5.92. The summed E-state index contributed by atoms with van der Waals surface area (Å²) in [5, 5.41) is 4.67. The van der Waals surface area contributed by atoms with Crippen LogP contribution in [0.25, 0.3) is 11.0 Å². The quantitative estimate of drug-likeness (QED) is 0.524. The molecule has 174 valence electrons. The van der Waals surface area contributed by atoms with E-state index in [-0.39, 0.29) is 12.1 Å². The lowest BCUT2D eigenvalue weighted by Gasteiger charge is -2.34. The van der Waals surface area contributed by atoms with Gasteiger partial charge in [0.2, 0.25) is 0 Å². The van der Waals surface area contributed by atoms with Crippen LogP contribution in [-0.4, -0.2) is 38.6 Å². The number of methoxy groups -OCH3 is 1. The Morgan fingerprint density at radius 1 is 1.12 bits per heavy atom. The Morgan fingerprint density at radius 3 is 2.70 bits per heavy atom. The van der Waals surface area contributed by atoms with E-state index in [1.807, 2.05) is 6.20 Å². The van der Waals surface area contributed by atoms with E-state index < -0.39 is 0 Å². The number of amides is 1. The molecule has 2 aliphatic carbocycles. The van der Waals surface area contributed by atoms with E-state index in [1.165, 1.54) is 68.7 Å². The molecule has 3 aromatic rings. The normalized spacial score (nSPS) is 21.4. The highest BCUT2D eigenvalue weighted by atomic mass is 16.5. The van der Waals surface area contributed by atoms with Crippen molar-refractivity contribution < 1.29 is 9.53 Å². The number of imidazole rings is 1. The number of anilines is 1. The Kier molecular flexibility index (Phi) is 5.15. The Hall–Kier alpha value is -2.83. The first-order valence-corrected chi connectivity index (χ1v) is 12.6. The van der Waals surface area contributed by atoms with Crippen molar-refractivity contribution in [3.63, 3.8) is 0 Å². The second kappa shape index (κ2) is 8.19. The van der Waals surface area contributed by atoms with Gasteiger partial charge >= 0.3 is 6.09 Å². The summed E-state index contributed by atoms with van der Waals surface area (Å²) >= 11 is 0. The third kappa shape index (κ3) is 3.62. The fraction of sp³-hybridized carbons (Fsp3) is 0.577. The molecule has 7 heteroatoms. The smallest absolute Gasteiger partial charge is 0.414 e. The number of hydrogen-bond donors (Lipinski definition) is 0. The summed E-state index contributed by atoms with van der Waals surface area (Å²) < 4.78 is 9.66. The Bertz CT molecular complexity index is 1180. The number of nitrogens with zero attached hydrogens (tertiary/aromatic N) is 5. The number of benzene rings is 1. The van der Waals surface area contributed by atoms with E-state index in [2.05, 4.69) is 39.6 Å². The average molecular weight is 448 g/mol. The van der Waals surface area contributed by atoms with Gasteiger partial charge in [-0.2, -0.15) is 5.10 Å². The Labute approximate surface area is 194 Å². The van der Waals surface area contributed by atoms with Crippen LogP contribution in [0.4, 0.5) is 10.5 Å². The van der Waals surface area contributed by atoms with Gasteiger partial charge in [0, 0.05) is 23.8 Å². The highest BCUT2D eigenvalue weighted by Gasteiger charge is 2.32. The average Bonchev–Trinajstić information content (AvgIpc) is 3.47. The van der Waals surface area contributed by atoms with Gasteiger partial charge in [0.15, 0.2) is 0 Å². The van der Waals surface area contributed by atoms with E-state index >= 15 is 0 Å². The molecule has 0 saturated heterocycles. The Morgan fingerprint density at radius 2 is 1.94 bits per heavy atom. The maximum Gasteiger partial charge on any atom is 0.414 e. The number of fused-ring (bicyclic) bond motifs is 3. The van der Waals surface area contributed by atoms with E-state index in [1.54, 1.807) is 4.90 Å². The molecule has 6 rings (SSSR count). The van der Waals surface area contributed by atoms with Crippen LogP contribution in [0, 0.1) is 0 Å². The molecule has 1 aromatic carbocycles. The molecule has 0 spiro atoms. The standard InChI is InChI=1S/C26H33N5O2/c1-17-8-11-21-22(30(17)26(32)33-2)12-13-23-25(21)28-24(31(23)20-6-4-3-5-7-20)16-29-15-19(14-27-29)18-9-10-18/h12-15,17-18,20H,3-11,16H2,1-2H3/t17-/m0/s1. The molecule has 1 aliphatic heterocycles. The molecule has 0 bridgehead atoms. The molecule has 2 aromatic heterocycles. The van der Waals surface area contributed by atoms with Gasteiger partial charge in [-0.1, -0.05) is 19.3 Å². The minimum Gasteiger partial charge on any atom is -0.452 e. The predicted octanol–water partition coefficient (Wildman–Crippen LogP) is 5.57. The lowest BCUT2D eigenvalue weighted by Crippen LogP contribution is -2.42. The zero-order valence-corrected chi connectivity index (χ0v) is 19.7. The molecule has 0 radical (unpaired) electrons. The van der Waals surface area contributed by atoms with Crippen molar-refractivity contribution in [1.29, 1.82) is 0 Å². The fourth-order valence-electron chi connectivity index (χ4n) is 5.92. The third-order valence-electron chi connectivity index (χ3n) is 7.84. The van der Waals surface area contributed by atoms with Crippen LogP contribution in [-0.2, 0) is 17.7 Å². The molecular formula is C26H33N5O2. The first-order chi connectivity index (χ1) is 16.1. The van der Waals surface area contributed by atoms with Gasteiger partial charge in [-0.3, -0.25) is 9.58 Å². The van der Waals surface area contributed by atoms with Crippen molar-refractivity contribution in [1.82, 2.24) is 19.3 Å². The lowest BCUT2D eigenvalue weighted by atomic mass is 9.94. The number of carbonyl (C=O) groups excluding carboxylic acids is 1.